The van der Waals surface area contributed by atoms with Crippen LogP contribution in [0.1, 0.15) is 30.5 Å². The van der Waals surface area contributed by atoms with Gasteiger partial charge in [-0.15, -0.1) is 0 Å². The maximum absolute atomic E-state index is 9.99. The van der Waals surface area contributed by atoms with E-state index in [0.29, 0.717) is 0 Å². The van der Waals surface area contributed by atoms with Gasteiger partial charge in [0.25, 0.3) is 0 Å². The average molecular weight is 378 g/mol. The van der Waals surface area contributed by atoms with Crippen molar-refractivity contribution in [3.8, 4) is 0 Å². The fraction of sp³-hybridized carbons (Fsp3) is 0.227. The monoisotopic (exact) mass is 378 g/mol. The molecule has 1 aliphatic carbocycles. The molecule has 28 heavy (non-hydrogen) atoms. The Hall–Kier alpha value is -3.25. The van der Waals surface area contributed by atoms with Crippen LogP contribution >= 0.6 is 0 Å². The first-order valence-electron chi connectivity index (χ1n) is 9.13. The molecule has 0 bridgehead atoms. The third kappa shape index (κ3) is 4.35. The number of nitrogens with two attached hydrogens (primary N) is 1. The largest absolute Gasteiger partial charge is 0.481 e. The molecule has 1 aliphatic rings. The molecule has 1 aromatic heterocycles. The molecular weight excluding hydrogens is 356 g/mol. The van der Waals surface area contributed by atoms with Crippen molar-refractivity contribution in [2.75, 3.05) is 0 Å². The molecule has 0 saturated carbocycles. The van der Waals surface area contributed by atoms with Crippen molar-refractivity contribution < 1.29 is 19.8 Å². The Balaban J connectivity index is 0.000000195. The fourth-order valence-corrected chi connectivity index (χ4v) is 3.30. The molecule has 4 rings (SSSR count). The van der Waals surface area contributed by atoms with E-state index in [1.54, 1.807) is 0 Å². The van der Waals surface area contributed by atoms with Crippen molar-refractivity contribution in [1.82, 2.24) is 4.98 Å². The van der Waals surface area contributed by atoms with E-state index in [4.69, 9.17) is 15.9 Å². The minimum absolute atomic E-state index is 0.0231. The van der Waals surface area contributed by atoms with Gasteiger partial charge in [-0.05, 0) is 47.1 Å². The number of carboxylic acids is 2. The van der Waals surface area contributed by atoms with E-state index in [9.17, 15) is 9.59 Å². The first kappa shape index (κ1) is 19.5. The van der Waals surface area contributed by atoms with Crippen LogP contribution in [0.4, 0.5) is 0 Å². The molecule has 0 unspecified atom stereocenters. The molecule has 0 aliphatic heterocycles. The SMILES string of the molecule is C1=Cc2ncc3ccc4ccccc4c3c2CC1.N[C@H](CCC(=O)O)C(=O)O. The predicted octanol–water partition coefficient (Wildman–Crippen LogP) is 3.61. The summed E-state index contributed by atoms with van der Waals surface area (Å²) in [7, 11) is 0. The zero-order valence-corrected chi connectivity index (χ0v) is 15.3. The van der Waals surface area contributed by atoms with Gasteiger partial charge in [-0.2, -0.15) is 0 Å². The van der Waals surface area contributed by atoms with E-state index >= 15 is 0 Å². The molecule has 144 valence electrons. The second kappa shape index (κ2) is 8.63. The van der Waals surface area contributed by atoms with Crippen molar-refractivity contribution >= 4 is 39.6 Å². The van der Waals surface area contributed by atoms with Gasteiger partial charge in [0.1, 0.15) is 6.04 Å². The van der Waals surface area contributed by atoms with E-state index < -0.39 is 18.0 Å². The molecular formula is C22H22N2O4. The lowest BCUT2D eigenvalue weighted by Gasteiger charge is -2.14. The fourth-order valence-electron chi connectivity index (χ4n) is 3.30. The highest BCUT2D eigenvalue weighted by Crippen LogP contribution is 2.32. The van der Waals surface area contributed by atoms with Crippen molar-refractivity contribution in [3.63, 3.8) is 0 Å². The Labute approximate surface area is 162 Å². The van der Waals surface area contributed by atoms with Crippen molar-refractivity contribution in [2.45, 2.75) is 31.7 Å². The van der Waals surface area contributed by atoms with Crippen LogP contribution in [0.2, 0.25) is 0 Å². The Morgan fingerprint density at radius 1 is 1.11 bits per heavy atom. The van der Waals surface area contributed by atoms with E-state index in [2.05, 4.69) is 53.5 Å². The maximum Gasteiger partial charge on any atom is 0.320 e. The number of aliphatic carboxylic acids is 2. The molecule has 0 fully saturated rings. The zero-order chi connectivity index (χ0) is 20.1. The van der Waals surface area contributed by atoms with Gasteiger partial charge >= 0.3 is 11.9 Å². The molecule has 0 spiro atoms. The van der Waals surface area contributed by atoms with Crippen LogP contribution in [0.5, 0.6) is 0 Å². The third-order valence-corrected chi connectivity index (χ3v) is 4.74. The number of nitrogens with zero attached hydrogens (tertiary/aromatic N) is 1. The highest BCUT2D eigenvalue weighted by Gasteiger charge is 2.13. The number of aromatic nitrogens is 1. The second-order valence-electron chi connectivity index (χ2n) is 6.69. The van der Waals surface area contributed by atoms with Crippen molar-refractivity contribution in [3.05, 3.63) is 59.9 Å². The number of allylic oxidation sites excluding steroid dienone is 1. The molecule has 1 heterocycles. The number of benzene rings is 2. The number of hydrogen-bond donors (Lipinski definition) is 3. The van der Waals surface area contributed by atoms with Gasteiger partial charge < -0.3 is 15.9 Å². The topological polar surface area (TPSA) is 114 Å². The summed E-state index contributed by atoms with van der Waals surface area (Å²) < 4.78 is 0. The standard InChI is InChI=1S/C17H13N.C5H9NO4/c1-2-6-14-12(5-1)9-10-13-11-18-16-8-4-3-7-15(16)17(13)14;6-3(5(9)10)1-2-4(7)8/h1-2,4-6,8-11H,3,7H2;3H,1-2,6H2,(H,7,8)(H,9,10)/t;3-/m.1/s1. The third-order valence-electron chi connectivity index (χ3n) is 4.74. The Kier molecular flexibility index (Phi) is 6.01. The van der Waals surface area contributed by atoms with Crippen molar-refractivity contribution in [1.29, 1.82) is 0 Å². The minimum atomic E-state index is -1.17. The molecule has 3 aromatic rings. The Bertz CT molecular complexity index is 1060. The predicted molar refractivity (Wildman–Crippen MR) is 109 cm³/mol. The summed E-state index contributed by atoms with van der Waals surface area (Å²) >= 11 is 0. The number of hydrogen-bond acceptors (Lipinski definition) is 4. The lowest BCUT2D eigenvalue weighted by atomic mass is 9.93. The molecule has 0 amide bonds. The summed E-state index contributed by atoms with van der Waals surface area (Å²) in [4.78, 5) is 24.4. The highest BCUT2D eigenvalue weighted by molar-refractivity contribution is 6.09. The van der Waals surface area contributed by atoms with E-state index in [1.165, 1.54) is 27.1 Å². The van der Waals surface area contributed by atoms with Gasteiger partial charge in [0.05, 0.1) is 5.69 Å². The van der Waals surface area contributed by atoms with Crippen LogP contribution in [0.15, 0.2) is 48.7 Å². The minimum Gasteiger partial charge on any atom is -0.481 e. The highest BCUT2D eigenvalue weighted by atomic mass is 16.4. The quantitative estimate of drug-likeness (QED) is 0.598. The Morgan fingerprint density at radius 2 is 1.86 bits per heavy atom. The van der Waals surface area contributed by atoms with Gasteiger partial charge in [0, 0.05) is 18.0 Å². The molecule has 2 aromatic carbocycles. The first-order chi connectivity index (χ1) is 13.5. The average Bonchev–Trinajstić information content (AvgIpc) is 2.71. The molecule has 0 saturated heterocycles. The summed E-state index contributed by atoms with van der Waals surface area (Å²) in [5.74, 6) is -2.20. The van der Waals surface area contributed by atoms with Gasteiger partial charge in [0.15, 0.2) is 0 Å². The molecule has 0 radical (unpaired) electrons. The van der Waals surface area contributed by atoms with E-state index in [0.717, 1.165) is 18.5 Å². The maximum atomic E-state index is 9.99. The summed E-state index contributed by atoms with van der Waals surface area (Å²) in [5.41, 5.74) is 7.55. The normalized spacial score (nSPS) is 13.5. The summed E-state index contributed by atoms with van der Waals surface area (Å²) in [6.45, 7) is 0. The number of pyridine rings is 1. The van der Waals surface area contributed by atoms with Gasteiger partial charge in [-0.25, -0.2) is 0 Å². The van der Waals surface area contributed by atoms with Crippen LogP contribution in [-0.4, -0.2) is 33.2 Å². The van der Waals surface area contributed by atoms with Crippen LogP contribution in [0.25, 0.3) is 27.6 Å². The summed E-state index contributed by atoms with van der Waals surface area (Å²) in [5, 5.41) is 21.6. The van der Waals surface area contributed by atoms with E-state index in [-0.39, 0.29) is 12.8 Å². The van der Waals surface area contributed by atoms with Gasteiger partial charge in [-0.3, -0.25) is 14.6 Å². The second-order valence-corrected chi connectivity index (χ2v) is 6.69. The first-order valence-corrected chi connectivity index (χ1v) is 9.13. The van der Waals surface area contributed by atoms with Crippen LogP contribution in [-0.2, 0) is 16.0 Å². The lowest BCUT2D eigenvalue weighted by Crippen LogP contribution is -2.30. The molecule has 4 N–H and O–H groups in total. The summed E-state index contributed by atoms with van der Waals surface area (Å²) in [6, 6.07) is 11.9. The van der Waals surface area contributed by atoms with Crippen LogP contribution in [0, 0.1) is 0 Å². The number of aryl methyl sites for hydroxylation is 1. The number of rotatable bonds is 4. The number of carboxylic acid groups (broad SMARTS) is 2. The Morgan fingerprint density at radius 3 is 2.61 bits per heavy atom. The van der Waals surface area contributed by atoms with Gasteiger partial charge in [-0.1, -0.05) is 42.5 Å². The molecule has 6 heteroatoms. The van der Waals surface area contributed by atoms with E-state index in [1.807, 2.05) is 6.20 Å². The molecule has 1 atom stereocenters. The van der Waals surface area contributed by atoms with Crippen LogP contribution in [0.3, 0.4) is 0 Å². The summed E-state index contributed by atoms with van der Waals surface area (Å²) in [6.07, 6.45) is 8.36. The van der Waals surface area contributed by atoms with Crippen molar-refractivity contribution in [2.24, 2.45) is 5.73 Å². The van der Waals surface area contributed by atoms with Crippen LogP contribution < -0.4 is 5.73 Å². The lowest BCUT2D eigenvalue weighted by molar-refractivity contribution is -0.139. The number of carbonyl (C=O) groups is 2. The smallest absolute Gasteiger partial charge is 0.320 e. The number of fused-ring (bicyclic) bond motifs is 5. The zero-order valence-electron chi connectivity index (χ0n) is 15.3. The molecule has 6 nitrogen and oxygen atoms in total. The van der Waals surface area contributed by atoms with Gasteiger partial charge in [0.2, 0.25) is 0 Å².